The number of nitrogens with one attached hydrogen (secondary N) is 2. The second kappa shape index (κ2) is 12.1. The van der Waals surface area contributed by atoms with E-state index in [1.165, 1.54) is 24.4 Å². The standard InChI is InChI=1S/C29H26ClN3O4/c1-2-37-27-10-6-3-7-19(27)15-16-31-29(36)24-13-11-21(22-8-4-5-9-23(22)24)18-32-33-28(35)20-12-14-26(34)25(30)17-20/h3-14,17-18,34H,2,15-16H2,1H3,(H,31,36)(H,33,35). The molecule has 4 aromatic carbocycles. The maximum atomic E-state index is 13.0. The van der Waals surface area contributed by atoms with Crippen LogP contribution in [0.1, 0.15) is 38.8 Å². The molecule has 188 valence electrons. The van der Waals surface area contributed by atoms with Gasteiger partial charge in [0, 0.05) is 23.2 Å². The lowest BCUT2D eigenvalue weighted by Crippen LogP contribution is -2.26. The van der Waals surface area contributed by atoms with E-state index in [4.69, 9.17) is 16.3 Å². The fraction of sp³-hybridized carbons (Fsp3) is 0.138. The number of ether oxygens (including phenoxy) is 1. The molecule has 4 aromatic rings. The number of hydrogen-bond donors (Lipinski definition) is 3. The fourth-order valence-corrected chi connectivity index (χ4v) is 4.10. The number of carbonyl (C=O) groups is 2. The van der Waals surface area contributed by atoms with E-state index in [1.54, 1.807) is 12.1 Å². The molecule has 4 rings (SSSR count). The first-order valence-corrected chi connectivity index (χ1v) is 12.2. The van der Waals surface area contributed by atoms with E-state index < -0.39 is 5.91 Å². The summed E-state index contributed by atoms with van der Waals surface area (Å²) >= 11 is 5.87. The van der Waals surface area contributed by atoms with E-state index in [-0.39, 0.29) is 22.2 Å². The first-order chi connectivity index (χ1) is 18.0. The van der Waals surface area contributed by atoms with E-state index in [0.29, 0.717) is 25.1 Å². The summed E-state index contributed by atoms with van der Waals surface area (Å²) < 4.78 is 5.66. The fourth-order valence-electron chi connectivity index (χ4n) is 3.92. The Morgan fingerprint density at radius 2 is 1.73 bits per heavy atom. The van der Waals surface area contributed by atoms with Gasteiger partial charge in [0.15, 0.2) is 0 Å². The highest BCUT2D eigenvalue weighted by Crippen LogP contribution is 2.24. The number of aromatic hydroxyl groups is 1. The zero-order valence-corrected chi connectivity index (χ0v) is 21.0. The molecule has 37 heavy (non-hydrogen) atoms. The molecule has 0 aliphatic carbocycles. The van der Waals surface area contributed by atoms with Crippen LogP contribution in [0.15, 0.2) is 84.0 Å². The zero-order valence-electron chi connectivity index (χ0n) is 20.2. The van der Waals surface area contributed by atoms with Crippen molar-refractivity contribution >= 4 is 40.4 Å². The van der Waals surface area contributed by atoms with E-state index in [0.717, 1.165) is 27.6 Å². The van der Waals surface area contributed by atoms with Crippen LogP contribution in [-0.4, -0.2) is 36.3 Å². The molecule has 0 bridgehead atoms. The molecule has 0 aliphatic heterocycles. The maximum absolute atomic E-state index is 13.0. The number of phenols is 1. The van der Waals surface area contributed by atoms with Gasteiger partial charge in [-0.15, -0.1) is 0 Å². The Labute approximate surface area is 219 Å². The summed E-state index contributed by atoms with van der Waals surface area (Å²) in [6.45, 7) is 2.99. The average Bonchev–Trinajstić information content (AvgIpc) is 2.91. The van der Waals surface area contributed by atoms with Crippen LogP contribution in [0.3, 0.4) is 0 Å². The number of halogens is 1. The Kier molecular flexibility index (Phi) is 8.38. The predicted octanol–water partition coefficient (Wildman–Crippen LogP) is 5.33. The molecule has 0 aliphatic rings. The molecular formula is C29H26ClN3O4. The van der Waals surface area contributed by atoms with E-state index in [1.807, 2.05) is 55.5 Å². The molecule has 7 nitrogen and oxygen atoms in total. The summed E-state index contributed by atoms with van der Waals surface area (Å²) in [5.41, 5.74) is 5.05. The number of rotatable bonds is 9. The SMILES string of the molecule is CCOc1ccccc1CCNC(=O)c1ccc(C=NNC(=O)c2ccc(O)c(Cl)c2)c2ccccc12. The monoisotopic (exact) mass is 515 g/mol. The number of amides is 2. The van der Waals surface area contributed by atoms with Gasteiger partial charge in [-0.25, -0.2) is 5.43 Å². The maximum Gasteiger partial charge on any atom is 0.271 e. The number of carbonyl (C=O) groups excluding carboxylic acids is 2. The molecule has 0 spiro atoms. The van der Waals surface area contributed by atoms with Gasteiger partial charge in [0.05, 0.1) is 17.8 Å². The number of benzene rings is 4. The molecule has 0 aromatic heterocycles. The van der Waals surface area contributed by atoms with Crippen LogP contribution in [0.25, 0.3) is 10.8 Å². The van der Waals surface area contributed by atoms with Crippen molar-refractivity contribution in [1.29, 1.82) is 0 Å². The van der Waals surface area contributed by atoms with E-state index >= 15 is 0 Å². The Morgan fingerprint density at radius 3 is 2.51 bits per heavy atom. The van der Waals surface area contributed by atoms with Gasteiger partial charge >= 0.3 is 0 Å². The summed E-state index contributed by atoms with van der Waals surface area (Å²) in [5, 5.41) is 18.2. The Balaban J connectivity index is 1.45. The lowest BCUT2D eigenvalue weighted by atomic mass is 9.99. The summed E-state index contributed by atoms with van der Waals surface area (Å²) in [6.07, 6.45) is 2.17. The van der Waals surface area contributed by atoms with Crippen molar-refractivity contribution in [3.63, 3.8) is 0 Å². The number of nitrogens with zero attached hydrogens (tertiary/aromatic N) is 1. The van der Waals surface area contributed by atoms with Crippen LogP contribution in [-0.2, 0) is 6.42 Å². The second-order valence-corrected chi connectivity index (χ2v) is 8.57. The molecule has 2 amide bonds. The lowest BCUT2D eigenvalue weighted by Gasteiger charge is -2.12. The lowest BCUT2D eigenvalue weighted by molar-refractivity contribution is 0.0947. The third-order valence-electron chi connectivity index (χ3n) is 5.73. The first-order valence-electron chi connectivity index (χ1n) is 11.8. The molecule has 8 heteroatoms. The highest BCUT2D eigenvalue weighted by atomic mass is 35.5. The summed E-state index contributed by atoms with van der Waals surface area (Å²) in [7, 11) is 0. The van der Waals surface area contributed by atoms with Gasteiger partial charge in [-0.05, 0) is 60.0 Å². The van der Waals surface area contributed by atoms with E-state index in [9.17, 15) is 14.7 Å². The van der Waals surface area contributed by atoms with Crippen molar-refractivity contribution in [2.24, 2.45) is 5.10 Å². The smallest absolute Gasteiger partial charge is 0.271 e. The van der Waals surface area contributed by atoms with Crippen molar-refractivity contribution in [3.8, 4) is 11.5 Å². The highest BCUT2D eigenvalue weighted by molar-refractivity contribution is 6.32. The van der Waals surface area contributed by atoms with Gasteiger partial charge in [-0.2, -0.15) is 5.10 Å². The van der Waals surface area contributed by atoms with Crippen molar-refractivity contribution in [2.45, 2.75) is 13.3 Å². The number of hydrazone groups is 1. The average molecular weight is 516 g/mol. The third-order valence-corrected chi connectivity index (χ3v) is 6.04. The Bertz CT molecular complexity index is 1470. The van der Waals surface area contributed by atoms with Gasteiger partial charge in [0.2, 0.25) is 0 Å². The van der Waals surface area contributed by atoms with Crippen molar-refractivity contribution in [2.75, 3.05) is 13.2 Å². The van der Waals surface area contributed by atoms with Crippen LogP contribution < -0.4 is 15.5 Å². The molecular weight excluding hydrogens is 490 g/mol. The van der Waals surface area contributed by atoms with E-state index in [2.05, 4.69) is 15.8 Å². The van der Waals surface area contributed by atoms with Crippen molar-refractivity contribution in [1.82, 2.24) is 10.7 Å². The molecule has 3 N–H and O–H groups in total. The van der Waals surface area contributed by atoms with Crippen molar-refractivity contribution < 1.29 is 19.4 Å². The number of phenolic OH excluding ortho intramolecular Hbond substituents is 1. The molecule has 0 heterocycles. The van der Waals surface area contributed by atoms with Crippen molar-refractivity contribution in [3.05, 3.63) is 106 Å². The van der Waals surface area contributed by atoms with Gasteiger partial charge in [0.25, 0.3) is 11.8 Å². The molecule has 0 saturated carbocycles. The van der Waals surface area contributed by atoms with Gasteiger partial charge in [0.1, 0.15) is 11.5 Å². The summed E-state index contributed by atoms with van der Waals surface area (Å²) in [4.78, 5) is 25.4. The molecule has 0 fully saturated rings. The zero-order chi connectivity index (χ0) is 26.2. The number of para-hydroxylation sites is 1. The number of fused-ring (bicyclic) bond motifs is 1. The van der Waals surface area contributed by atoms with Gasteiger partial charge < -0.3 is 15.2 Å². The summed E-state index contributed by atoms with van der Waals surface area (Å²) in [5.74, 6) is 0.0806. The van der Waals surface area contributed by atoms with Crippen LogP contribution in [0.5, 0.6) is 11.5 Å². The Hall–Kier alpha value is -4.36. The summed E-state index contributed by atoms with van der Waals surface area (Å²) in [6, 6.07) is 23.0. The largest absolute Gasteiger partial charge is 0.506 e. The minimum absolute atomic E-state index is 0.0787. The highest BCUT2D eigenvalue weighted by Gasteiger charge is 2.13. The predicted molar refractivity (Wildman–Crippen MR) is 146 cm³/mol. The minimum Gasteiger partial charge on any atom is -0.506 e. The van der Waals surface area contributed by atoms with Gasteiger partial charge in [-0.3, -0.25) is 9.59 Å². The Morgan fingerprint density at radius 1 is 0.973 bits per heavy atom. The molecule has 0 unspecified atom stereocenters. The minimum atomic E-state index is -0.468. The van der Waals surface area contributed by atoms with Crippen LogP contribution in [0, 0.1) is 0 Å². The molecule has 0 atom stereocenters. The van der Waals surface area contributed by atoms with Crippen LogP contribution in [0.2, 0.25) is 5.02 Å². The molecule has 0 saturated heterocycles. The normalized spacial score (nSPS) is 11.0. The second-order valence-electron chi connectivity index (χ2n) is 8.16. The third kappa shape index (κ3) is 6.26. The van der Waals surface area contributed by atoms with Gasteiger partial charge in [-0.1, -0.05) is 60.1 Å². The van der Waals surface area contributed by atoms with Crippen LogP contribution in [0.4, 0.5) is 0 Å². The van der Waals surface area contributed by atoms with Crippen LogP contribution >= 0.6 is 11.6 Å². The number of hydrogen-bond acceptors (Lipinski definition) is 5. The quantitative estimate of drug-likeness (QED) is 0.207. The first kappa shape index (κ1) is 25.7. The topological polar surface area (TPSA) is 100 Å². The molecule has 0 radical (unpaired) electrons.